The second-order valence-corrected chi connectivity index (χ2v) is 6.59. The molecule has 0 saturated heterocycles. The maximum absolute atomic E-state index is 12.3. The Balaban J connectivity index is 1.85. The molecule has 0 bridgehead atoms. The highest BCUT2D eigenvalue weighted by Crippen LogP contribution is 2.32. The van der Waals surface area contributed by atoms with Gasteiger partial charge in [-0.25, -0.2) is 4.98 Å². The molecule has 1 aromatic carbocycles. The third kappa shape index (κ3) is 3.56. The van der Waals surface area contributed by atoms with Crippen molar-refractivity contribution in [3.63, 3.8) is 0 Å². The number of amides is 1. The summed E-state index contributed by atoms with van der Waals surface area (Å²) < 4.78 is 0. The molecule has 1 atom stereocenters. The number of ketones is 1. The number of nitrogens with one attached hydrogen (secondary N) is 1. The normalized spacial score (nSPS) is 17.0. The van der Waals surface area contributed by atoms with Gasteiger partial charge in [0.15, 0.2) is 10.9 Å². The maximum Gasteiger partial charge on any atom is 0.229 e. The molecular formula is C18H18N2O2S. The van der Waals surface area contributed by atoms with Crippen molar-refractivity contribution in [2.75, 3.05) is 5.32 Å². The van der Waals surface area contributed by atoms with Gasteiger partial charge in [-0.15, -0.1) is 0 Å². The third-order valence-corrected chi connectivity index (χ3v) is 4.94. The van der Waals surface area contributed by atoms with Crippen LogP contribution in [0.25, 0.3) is 11.3 Å². The van der Waals surface area contributed by atoms with Gasteiger partial charge in [-0.3, -0.25) is 9.59 Å². The van der Waals surface area contributed by atoms with E-state index < -0.39 is 0 Å². The number of Topliss-reactive ketones (excluding diaryl/α,β-unsaturated/α-hetero) is 1. The van der Waals surface area contributed by atoms with E-state index in [9.17, 15) is 9.59 Å². The summed E-state index contributed by atoms with van der Waals surface area (Å²) in [4.78, 5) is 29.3. The van der Waals surface area contributed by atoms with Crippen LogP contribution in [0.15, 0.2) is 42.5 Å². The number of aromatic nitrogens is 1. The number of nitrogens with zero attached hydrogens (tertiary/aromatic N) is 1. The summed E-state index contributed by atoms with van der Waals surface area (Å²) in [5.41, 5.74) is 1.52. The zero-order chi connectivity index (χ0) is 16.2. The molecule has 0 spiro atoms. The molecular weight excluding hydrogens is 308 g/mol. The first-order chi connectivity index (χ1) is 11.1. The predicted molar refractivity (Wildman–Crippen MR) is 92.7 cm³/mol. The molecule has 1 aliphatic rings. The van der Waals surface area contributed by atoms with Gasteiger partial charge in [-0.05, 0) is 19.3 Å². The van der Waals surface area contributed by atoms with Gasteiger partial charge in [0.1, 0.15) is 0 Å². The summed E-state index contributed by atoms with van der Waals surface area (Å²) in [5.74, 6) is -0.0647. The van der Waals surface area contributed by atoms with Crippen molar-refractivity contribution in [1.29, 1.82) is 0 Å². The van der Waals surface area contributed by atoms with Crippen molar-refractivity contribution in [1.82, 2.24) is 4.98 Å². The number of rotatable bonds is 4. The number of anilines is 1. The monoisotopic (exact) mass is 326 g/mol. The molecule has 118 valence electrons. The second kappa shape index (κ2) is 6.87. The van der Waals surface area contributed by atoms with E-state index in [2.05, 4.69) is 16.4 Å². The fourth-order valence-electron chi connectivity index (χ4n) is 2.64. The first-order valence-electron chi connectivity index (χ1n) is 7.68. The van der Waals surface area contributed by atoms with Crippen molar-refractivity contribution in [3.05, 3.63) is 47.4 Å². The third-order valence-electron chi connectivity index (χ3n) is 3.86. The van der Waals surface area contributed by atoms with E-state index in [-0.39, 0.29) is 17.6 Å². The Morgan fingerprint density at radius 3 is 2.65 bits per heavy atom. The molecule has 4 nitrogen and oxygen atoms in total. The summed E-state index contributed by atoms with van der Waals surface area (Å²) in [7, 11) is 0. The van der Waals surface area contributed by atoms with Gasteiger partial charge < -0.3 is 5.32 Å². The molecule has 0 radical (unpaired) electrons. The van der Waals surface area contributed by atoms with Crippen molar-refractivity contribution in [2.24, 2.45) is 5.92 Å². The van der Waals surface area contributed by atoms with Crippen LogP contribution in [-0.2, 0) is 4.79 Å². The number of hydrogen-bond acceptors (Lipinski definition) is 4. The van der Waals surface area contributed by atoms with Crippen LogP contribution in [0.3, 0.4) is 0 Å². The lowest BCUT2D eigenvalue weighted by atomic mass is 9.94. The number of thiazole rings is 1. The van der Waals surface area contributed by atoms with Gasteiger partial charge in [-0.1, -0.05) is 53.8 Å². The van der Waals surface area contributed by atoms with Gasteiger partial charge >= 0.3 is 0 Å². The maximum atomic E-state index is 12.3. The predicted octanol–water partition coefficient (Wildman–Crippen LogP) is 4.31. The van der Waals surface area contributed by atoms with Crippen molar-refractivity contribution < 1.29 is 9.59 Å². The Labute approximate surface area is 139 Å². The van der Waals surface area contributed by atoms with Gasteiger partial charge in [0, 0.05) is 18.4 Å². The van der Waals surface area contributed by atoms with Gasteiger partial charge in [-0.2, -0.15) is 0 Å². The zero-order valence-corrected chi connectivity index (χ0v) is 13.7. The fraction of sp³-hybridized carbons (Fsp3) is 0.278. The van der Waals surface area contributed by atoms with Crippen molar-refractivity contribution in [2.45, 2.75) is 26.2 Å². The summed E-state index contributed by atoms with van der Waals surface area (Å²) in [6, 6.07) is 9.57. The molecule has 1 aromatic heterocycles. The highest BCUT2D eigenvalue weighted by atomic mass is 32.1. The van der Waals surface area contributed by atoms with Gasteiger partial charge in [0.2, 0.25) is 5.91 Å². The average Bonchev–Trinajstić information content (AvgIpc) is 3.00. The van der Waals surface area contributed by atoms with Gasteiger partial charge in [0.05, 0.1) is 10.6 Å². The molecule has 1 heterocycles. The Bertz CT molecular complexity index is 750. The molecule has 1 aliphatic carbocycles. The molecule has 1 unspecified atom stereocenters. The van der Waals surface area contributed by atoms with E-state index in [1.165, 1.54) is 18.3 Å². The zero-order valence-electron chi connectivity index (χ0n) is 12.9. The standard InChI is InChI=1S/C18H18N2O2S/c1-12(21)16-15(13-8-4-2-5-9-13)19-18(23-16)20-17(22)14-10-6-3-7-11-14/h2-6,8-9,14H,7,10-11H2,1H3,(H,19,20,22). The Morgan fingerprint density at radius 1 is 1.22 bits per heavy atom. The Kier molecular flexibility index (Phi) is 4.67. The largest absolute Gasteiger partial charge is 0.302 e. The minimum absolute atomic E-state index is 0.00940. The SMILES string of the molecule is CC(=O)c1sc(NC(=O)C2CC=CCC2)nc1-c1ccccc1. The first kappa shape index (κ1) is 15.6. The molecule has 1 amide bonds. The Morgan fingerprint density at radius 2 is 2.00 bits per heavy atom. The summed E-state index contributed by atoms with van der Waals surface area (Å²) in [5, 5.41) is 3.37. The molecule has 0 aliphatic heterocycles. The van der Waals surface area contributed by atoms with E-state index in [1.54, 1.807) is 0 Å². The fourth-order valence-corrected chi connectivity index (χ4v) is 3.53. The first-order valence-corrected chi connectivity index (χ1v) is 8.50. The smallest absolute Gasteiger partial charge is 0.229 e. The number of carbonyl (C=O) groups excluding carboxylic acids is 2. The van der Waals surface area contributed by atoms with Crippen LogP contribution in [-0.4, -0.2) is 16.7 Å². The molecule has 0 saturated carbocycles. The van der Waals surface area contributed by atoms with Crippen LogP contribution >= 0.6 is 11.3 Å². The van der Waals surface area contributed by atoms with Crippen LogP contribution in [0, 0.1) is 5.92 Å². The van der Waals surface area contributed by atoms with Crippen molar-refractivity contribution in [3.8, 4) is 11.3 Å². The molecule has 3 rings (SSSR count). The quantitative estimate of drug-likeness (QED) is 0.673. The van der Waals surface area contributed by atoms with Crippen LogP contribution in [0.5, 0.6) is 0 Å². The van der Waals surface area contributed by atoms with E-state index >= 15 is 0 Å². The number of allylic oxidation sites excluding steroid dienone is 2. The summed E-state index contributed by atoms with van der Waals surface area (Å²) in [6.07, 6.45) is 6.71. The Hall–Kier alpha value is -2.27. The van der Waals surface area contributed by atoms with Gasteiger partial charge in [0.25, 0.3) is 0 Å². The summed E-state index contributed by atoms with van der Waals surface area (Å²) in [6.45, 7) is 1.53. The lowest BCUT2D eigenvalue weighted by molar-refractivity contribution is -0.120. The van der Waals surface area contributed by atoms with E-state index in [0.29, 0.717) is 15.7 Å². The topological polar surface area (TPSA) is 59.1 Å². The lowest BCUT2D eigenvalue weighted by Crippen LogP contribution is -2.23. The van der Waals surface area contributed by atoms with E-state index in [4.69, 9.17) is 0 Å². The van der Waals surface area contributed by atoms with Crippen LogP contribution < -0.4 is 5.32 Å². The molecule has 0 fully saturated rings. The second-order valence-electron chi connectivity index (χ2n) is 5.59. The van der Waals surface area contributed by atoms with E-state index in [0.717, 1.165) is 24.8 Å². The molecule has 2 aromatic rings. The highest BCUT2D eigenvalue weighted by Gasteiger charge is 2.22. The number of benzene rings is 1. The van der Waals surface area contributed by atoms with Crippen LogP contribution in [0.4, 0.5) is 5.13 Å². The highest BCUT2D eigenvalue weighted by molar-refractivity contribution is 7.18. The minimum Gasteiger partial charge on any atom is -0.302 e. The van der Waals surface area contributed by atoms with Crippen LogP contribution in [0.1, 0.15) is 35.9 Å². The molecule has 23 heavy (non-hydrogen) atoms. The number of carbonyl (C=O) groups is 2. The van der Waals surface area contributed by atoms with Crippen molar-refractivity contribution >= 4 is 28.2 Å². The average molecular weight is 326 g/mol. The summed E-state index contributed by atoms with van der Waals surface area (Å²) >= 11 is 1.24. The van der Waals surface area contributed by atoms with E-state index in [1.807, 2.05) is 36.4 Å². The lowest BCUT2D eigenvalue weighted by Gasteiger charge is -2.15. The van der Waals surface area contributed by atoms with Crippen LogP contribution in [0.2, 0.25) is 0 Å². The number of hydrogen-bond donors (Lipinski definition) is 1. The molecule has 1 N–H and O–H groups in total. The molecule has 5 heteroatoms. The minimum atomic E-state index is -0.0394.